The molecule has 0 aliphatic heterocycles. The molecule has 2 aromatic rings. The van der Waals surface area contributed by atoms with Crippen LogP contribution in [0, 0.1) is 0 Å². The van der Waals surface area contributed by atoms with Crippen molar-refractivity contribution < 1.29 is 0 Å². The van der Waals surface area contributed by atoms with Gasteiger partial charge in [-0.2, -0.15) is 0 Å². The number of rotatable bonds is 3. The van der Waals surface area contributed by atoms with Crippen molar-refractivity contribution >= 4 is 44.9 Å². The maximum absolute atomic E-state index is 5.61. The Bertz CT molecular complexity index is 402. The minimum atomic E-state index is 0.653. The molecule has 0 aromatic carbocycles. The molecule has 0 radical (unpaired) electrons. The van der Waals surface area contributed by atoms with Crippen LogP contribution in [-0.2, 0) is 0 Å². The Labute approximate surface area is 89.3 Å². The van der Waals surface area contributed by atoms with Crippen LogP contribution in [0.3, 0.4) is 0 Å². The monoisotopic (exact) mass is 230 g/mol. The molecule has 0 bridgehead atoms. The van der Waals surface area contributed by atoms with Crippen molar-refractivity contribution in [1.82, 2.24) is 9.97 Å². The number of thiophene rings is 1. The second-order valence-electron chi connectivity index (χ2n) is 2.36. The van der Waals surface area contributed by atoms with Crippen molar-refractivity contribution in [1.29, 1.82) is 0 Å². The van der Waals surface area contributed by atoms with Crippen molar-refractivity contribution in [2.75, 3.05) is 11.6 Å². The number of hydrogen-bond donors (Lipinski definition) is 0. The molecular formula is C8H7ClN2S2. The maximum Gasteiger partial charge on any atom is 0.127 e. The van der Waals surface area contributed by atoms with Gasteiger partial charge in [-0.05, 0) is 11.4 Å². The van der Waals surface area contributed by atoms with E-state index in [0.29, 0.717) is 5.88 Å². The zero-order valence-corrected chi connectivity index (χ0v) is 9.12. The molecule has 0 fully saturated rings. The van der Waals surface area contributed by atoms with Gasteiger partial charge < -0.3 is 0 Å². The van der Waals surface area contributed by atoms with Gasteiger partial charge in [0.15, 0.2) is 0 Å². The van der Waals surface area contributed by atoms with E-state index < -0.39 is 0 Å². The van der Waals surface area contributed by atoms with Gasteiger partial charge in [0.1, 0.15) is 16.2 Å². The van der Waals surface area contributed by atoms with Crippen LogP contribution in [0.25, 0.3) is 10.2 Å². The van der Waals surface area contributed by atoms with Crippen LogP contribution in [0.5, 0.6) is 0 Å². The fourth-order valence-electron chi connectivity index (χ4n) is 1.02. The minimum Gasteiger partial charge on any atom is -0.229 e. The molecule has 0 saturated carbocycles. The zero-order valence-electron chi connectivity index (χ0n) is 6.74. The van der Waals surface area contributed by atoms with Crippen LogP contribution in [0.4, 0.5) is 0 Å². The number of halogens is 1. The minimum absolute atomic E-state index is 0.653. The Morgan fingerprint density at radius 3 is 3.23 bits per heavy atom. The average molecular weight is 231 g/mol. The summed E-state index contributed by atoms with van der Waals surface area (Å²) in [6.45, 7) is 0. The Balaban J connectivity index is 2.37. The molecule has 0 aliphatic rings. The van der Waals surface area contributed by atoms with E-state index >= 15 is 0 Å². The highest BCUT2D eigenvalue weighted by Crippen LogP contribution is 2.27. The Hall–Kier alpha value is -0.320. The van der Waals surface area contributed by atoms with Crippen LogP contribution in [0.2, 0.25) is 0 Å². The lowest BCUT2D eigenvalue weighted by Gasteiger charge is -1.98. The molecule has 0 saturated heterocycles. The summed E-state index contributed by atoms with van der Waals surface area (Å²) < 4.78 is 0. The summed E-state index contributed by atoms with van der Waals surface area (Å²) in [6, 6.07) is 2.05. The number of thioether (sulfide) groups is 1. The number of alkyl halides is 1. The molecule has 68 valence electrons. The molecule has 13 heavy (non-hydrogen) atoms. The molecule has 2 rings (SSSR count). The van der Waals surface area contributed by atoms with Crippen molar-refractivity contribution in [2.45, 2.75) is 5.03 Å². The number of fused-ring (bicyclic) bond motifs is 1. The first-order chi connectivity index (χ1) is 6.42. The molecule has 5 heteroatoms. The third-order valence-electron chi connectivity index (χ3n) is 1.54. The van der Waals surface area contributed by atoms with Crippen LogP contribution in [0.1, 0.15) is 0 Å². The molecule has 0 atom stereocenters. The lowest BCUT2D eigenvalue weighted by molar-refractivity contribution is 1.11. The third kappa shape index (κ3) is 1.95. The maximum atomic E-state index is 5.61. The molecule has 0 spiro atoms. The summed E-state index contributed by atoms with van der Waals surface area (Å²) >= 11 is 8.93. The van der Waals surface area contributed by atoms with Gasteiger partial charge in [0.05, 0.1) is 0 Å². The molecule has 0 amide bonds. The fraction of sp³-hybridized carbons (Fsp3) is 0.250. The normalized spacial score (nSPS) is 10.8. The zero-order chi connectivity index (χ0) is 9.10. The smallest absolute Gasteiger partial charge is 0.127 e. The molecule has 2 heterocycles. The predicted octanol–water partition coefficient (Wildman–Crippen LogP) is 3.02. The Morgan fingerprint density at radius 1 is 1.46 bits per heavy atom. The van der Waals surface area contributed by atoms with Gasteiger partial charge in [-0.3, -0.25) is 0 Å². The van der Waals surface area contributed by atoms with Gasteiger partial charge in [0.2, 0.25) is 0 Å². The van der Waals surface area contributed by atoms with E-state index in [4.69, 9.17) is 11.6 Å². The van der Waals surface area contributed by atoms with Gasteiger partial charge in [-0.25, -0.2) is 9.97 Å². The molecule has 2 nitrogen and oxygen atoms in total. The van der Waals surface area contributed by atoms with Gasteiger partial charge in [0, 0.05) is 17.0 Å². The van der Waals surface area contributed by atoms with Crippen molar-refractivity contribution in [3.63, 3.8) is 0 Å². The first-order valence-electron chi connectivity index (χ1n) is 3.79. The van der Waals surface area contributed by atoms with E-state index in [0.717, 1.165) is 21.0 Å². The summed E-state index contributed by atoms with van der Waals surface area (Å²) in [5.74, 6) is 1.55. The highest BCUT2D eigenvalue weighted by atomic mass is 35.5. The SMILES string of the molecule is ClCCSc1ncnc2sccc12. The summed E-state index contributed by atoms with van der Waals surface area (Å²) in [7, 11) is 0. The molecule has 2 aromatic heterocycles. The molecule has 0 N–H and O–H groups in total. The fourth-order valence-corrected chi connectivity index (χ4v) is 2.76. The van der Waals surface area contributed by atoms with Crippen LogP contribution in [0.15, 0.2) is 22.8 Å². The Kier molecular flexibility index (Phi) is 3.03. The first-order valence-corrected chi connectivity index (χ1v) is 6.19. The summed E-state index contributed by atoms with van der Waals surface area (Å²) in [6.07, 6.45) is 1.61. The van der Waals surface area contributed by atoms with E-state index in [-0.39, 0.29) is 0 Å². The van der Waals surface area contributed by atoms with Crippen molar-refractivity contribution in [3.8, 4) is 0 Å². The van der Waals surface area contributed by atoms with Crippen LogP contribution < -0.4 is 0 Å². The van der Waals surface area contributed by atoms with E-state index in [9.17, 15) is 0 Å². The Morgan fingerprint density at radius 2 is 2.38 bits per heavy atom. The third-order valence-corrected chi connectivity index (χ3v) is 3.78. The van der Waals surface area contributed by atoms with Crippen molar-refractivity contribution in [2.24, 2.45) is 0 Å². The summed E-state index contributed by atoms with van der Waals surface area (Å²) in [5.41, 5.74) is 0. The highest BCUT2D eigenvalue weighted by molar-refractivity contribution is 7.99. The van der Waals surface area contributed by atoms with E-state index in [1.807, 2.05) is 5.38 Å². The largest absolute Gasteiger partial charge is 0.229 e. The second kappa shape index (κ2) is 4.26. The first kappa shape index (κ1) is 9.24. The average Bonchev–Trinajstić information content (AvgIpc) is 2.62. The van der Waals surface area contributed by atoms with Gasteiger partial charge >= 0.3 is 0 Å². The van der Waals surface area contributed by atoms with Crippen LogP contribution >= 0.6 is 34.7 Å². The molecule has 0 unspecified atom stereocenters. The lowest BCUT2D eigenvalue weighted by atomic mass is 10.4. The number of hydrogen-bond acceptors (Lipinski definition) is 4. The van der Waals surface area contributed by atoms with Gasteiger partial charge in [-0.1, -0.05) is 0 Å². The second-order valence-corrected chi connectivity index (χ2v) is 4.71. The molecule has 0 aliphatic carbocycles. The standard InChI is InChI=1S/C8H7ClN2S2/c9-2-4-13-8-6-1-3-12-7(6)10-5-11-8/h1,3,5H,2,4H2. The van der Waals surface area contributed by atoms with E-state index in [1.54, 1.807) is 29.4 Å². The number of aromatic nitrogens is 2. The van der Waals surface area contributed by atoms with Crippen molar-refractivity contribution in [3.05, 3.63) is 17.8 Å². The topological polar surface area (TPSA) is 25.8 Å². The van der Waals surface area contributed by atoms with Gasteiger partial charge in [-0.15, -0.1) is 34.7 Å². The van der Waals surface area contributed by atoms with E-state index in [1.165, 1.54) is 0 Å². The quantitative estimate of drug-likeness (QED) is 0.461. The molecular weight excluding hydrogens is 224 g/mol. The number of nitrogens with zero attached hydrogens (tertiary/aromatic N) is 2. The summed E-state index contributed by atoms with van der Waals surface area (Å²) in [4.78, 5) is 9.44. The summed E-state index contributed by atoms with van der Waals surface area (Å²) in [5, 5.41) is 4.21. The van der Waals surface area contributed by atoms with Gasteiger partial charge in [0.25, 0.3) is 0 Å². The van der Waals surface area contributed by atoms with E-state index in [2.05, 4.69) is 16.0 Å². The predicted molar refractivity (Wildman–Crippen MR) is 58.9 cm³/mol. The van der Waals surface area contributed by atoms with Crippen LogP contribution in [-0.4, -0.2) is 21.6 Å². The highest BCUT2D eigenvalue weighted by Gasteiger charge is 2.03. The lowest BCUT2D eigenvalue weighted by Crippen LogP contribution is -1.85.